The van der Waals surface area contributed by atoms with Crippen molar-refractivity contribution < 1.29 is 0 Å². The van der Waals surface area contributed by atoms with E-state index in [1.54, 1.807) is 0 Å². The number of rotatable bonds is 13. The summed E-state index contributed by atoms with van der Waals surface area (Å²) in [5.41, 5.74) is 0. The van der Waals surface area contributed by atoms with Crippen LogP contribution >= 0.6 is 0 Å². The molecule has 0 spiro atoms. The van der Waals surface area contributed by atoms with Gasteiger partial charge in [-0.2, -0.15) is 0 Å². The lowest BCUT2D eigenvalue weighted by Gasteiger charge is -2.29. The second kappa shape index (κ2) is 12.6. The third-order valence-corrected chi connectivity index (χ3v) is 4.18. The van der Waals surface area contributed by atoms with Gasteiger partial charge in [-0.1, -0.05) is 34.6 Å². The summed E-state index contributed by atoms with van der Waals surface area (Å²) < 4.78 is 0. The van der Waals surface area contributed by atoms with E-state index in [0.29, 0.717) is 6.04 Å². The Bertz CT molecular complexity index is 202. The van der Waals surface area contributed by atoms with Crippen LogP contribution in [0.4, 0.5) is 0 Å². The first kappa shape index (κ1) is 19.9. The smallest absolute Gasteiger partial charge is 0.0192 e. The summed E-state index contributed by atoms with van der Waals surface area (Å²) in [5, 5.41) is 3.60. The van der Waals surface area contributed by atoms with Gasteiger partial charge < -0.3 is 10.2 Å². The van der Waals surface area contributed by atoms with Crippen LogP contribution in [0.3, 0.4) is 0 Å². The van der Waals surface area contributed by atoms with Gasteiger partial charge >= 0.3 is 0 Å². The van der Waals surface area contributed by atoms with E-state index in [4.69, 9.17) is 0 Å². The maximum atomic E-state index is 3.60. The second-order valence-electron chi connectivity index (χ2n) is 6.24. The fourth-order valence-corrected chi connectivity index (χ4v) is 2.56. The van der Waals surface area contributed by atoms with Gasteiger partial charge in [-0.3, -0.25) is 4.90 Å². The molecule has 1 N–H and O–H groups in total. The first-order valence-electron chi connectivity index (χ1n) is 8.72. The van der Waals surface area contributed by atoms with E-state index in [2.05, 4.69) is 56.7 Å². The summed E-state index contributed by atoms with van der Waals surface area (Å²) in [5.74, 6) is 0.800. The van der Waals surface area contributed by atoms with Crippen LogP contribution in [-0.4, -0.2) is 61.7 Å². The molecule has 1 atom stereocenters. The summed E-state index contributed by atoms with van der Waals surface area (Å²) in [6.07, 6.45) is 2.56. The molecule has 0 amide bonds. The van der Waals surface area contributed by atoms with Crippen molar-refractivity contribution >= 4 is 0 Å². The van der Waals surface area contributed by atoms with Gasteiger partial charge in [0.05, 0.1) is 0 Å². The summed E-state index contributed by atoms with van der Waals surface area (Å²) >= 11 is 0. The number of nitrogens with one attached hydrogen (secondary N) is 1. The van der Waals surface area contributed by atoms with Crippen molar-refractivity contribution in [3.8, 4) is 0 Å². The Hall–Kier alpha value is -0.120. The molecule has 1 unspecified atom stereocenters. The Morgan fingerprint density at radius 1 is 0.900 bits per heavy atom. The fraction of sp³-hybridized carbons (Fsp3) is 1.00. The molecule has 0 radical (unpaired) electrons. The number of hydrogen-bond acceptors (Lipinski definition) is 3. The minimum absolute atomic E-state index is 0.642. The SMILES string of the molecule is CCN(CC)CCCN(CC)C(C)CNCCC(C)C. The fourth-order valence-electron chi connectivity index (χ4n) is 2.56. The van der Waals surface area contributed by atoms with E-state index in [-0.39, 0.29) is 0 Å². The molecular weight excluding hydrogens is 246 g/mol. The molecule has 0 aromatic heterocycles. The van der Waals surface area contributed by atoms with Crippen LogP contribution in [0.1, 0.15) is 54.4 Å². The number of hydrogen-bond donors (Lipinski definition) is 1. The van der Waals surface area contributed by atoms with Crippen molar-refractivity contribution in [3.05, 3.63) is 0 Å². The molecule has 0 fully saturated rings. The van der Waals surface area contributed by atoms with Crippen LogP contribution in [0.2, 0.25) is 0 Å². The number of likely N-dealkylation sites (N-methyl/N-ethyl adjacent to an activating group) is 1. The third-order valence-electron chi connectivity index (χ3n) is 4.18. The monoisotopic (exact) mass is 285 g/mol. The highest BCUT2D eigenvalue weighted by Crippen LogP contribution is 2.02. The predicted octanol–water partition coefficient (Wildman–Crippen LogP) is 3.06. The summed E-state index contributed by atoms with van der Waals surface area (Å²) in [6, 6.07) is 0.642. The van der Waals surface area contributed by atoms with Crippen LogP contribution < -0.4 is 5.32 Å². The summed E-state index contributed by atoms with van der Waals surface area (Å²) in [4.78, 5) is 5.12. The highest BCUT2D eigenvalue weighted by molar-refractivity contribution is 4.69. The first-order valence-corrected chi connectivity index (χ1v) is 8.72. The van der Waals surface area contributed by atoms with Crippen LogP contribution in [-0.2, 0) is 0 Å². The largest absolute Gasteiger partial charge is 0.315 e. The molecule has 3 heteroatoms. The lowest BCUT2D eigenvalue weighted by molar-refractivity contribution is 0.195. The summed E-state index contributed by atoms with van der Waals surface area (Å²) in [7, 11) is 0. The van der Waals surface area contributed by atoms with Crippen LogP contribution in [0.15, 0.2) is 0 Å². The Morgan fingerprint density at radius 3 is 2.05 bits per heavy atom. The molecule has 0 aliphatic rings. The Kier molecular flexibility index (Phi) is 12.5. The molecule has 0 heterocycles. The van der Waals surface area contributed by atoms with Crippen LogP contribution in [0, 0.1) is 5.92 Å². The third kappa shape index (κ3) is 9.73. The molecule has 0 aromatic rings. The van der Waals surface area contributed by atoms with E-state index in [0.717, 1.165) is 25.6 Å². The van der Waals surface area contributed by atoms with Crippen molar-refractivity contribution in [2.24, 2.45) is 5.92 Å². The average molecular weight is 286 g/mol. The van der Waals surface area contributed by atoms with Gasteiger partial charge in [0.25, 0.3) is 0 Å². The molecule has 0 aliphatic carbocycles. The van der Waals surface area contributed by atoms with E-state index in [9.17, 15) is 0 Å². The molecule has 0 aliphatic heterocycles. The quantitative estimate of drug-likeness (QED) is 0.525. The average Bonchev–Trinajstić information content (AvgIpc) is 2.43. The molecule has 0 saturated carbocycles. The van der Waals surface area contributed by atoms with Crippen LogP contribution in [0.5, 0.6) is 0 Å². The standard InChI is InChI=1S/C17H39N3/c1-7-19(8-2)13-10-14-20(9-3)17(6)15-18-12-11-16(4)5/h16-18H,7-15H2,1-6H3. The van der Waals surface area contributed by atoms with Gasteiger partial charge in [0.2, 0.25) is 0 Å². The molecule has 3 nitrogen and oxygen atoms in total. The van der Waals surface area contributed by atoms with Crippen molar-refractivity contribution in [2.45, 2.75) is 60.4 Å². The van der Waals surface area contributed by atoms with E-state index in [1.807, 2.05) is 0 Å². The highest BCUT2D eigenvalue weighted by Gasteiger charge is 2.11. The van der Waals surface area contributed by atoms with Gasteiger partial charge in [0, 0.05) is 12.6 Å². The lowest BCUT2D eigenvalue weighted by Crippen LogP contribution is -2.42. The molecular formula is C17H39N3. The topological polar surface area (TPSA) is 18.5 Å². The van der Waals surface area contributed by atoms with Gasteiger partial charge in [-0.15, -0.1) is 0 Å². The Labute approximate surface area is 128 Å². The molecule has 0 bridgehead atoms. The van der Waals surface area contributed by atoms with Crippen LogP contribution in [0.25, 0.3) is 0 Å². The number of nitrogens with zero attached hydrogens (tertiary/aromatic N) is 2. The Balaban J connectivity index is 3.81. The molecule has 122 valence electrons. The predicted molar refractivity (Wildman–Crippen MR) is 91.4 cm³/mol. The molecule has 0 rings (SSSR count). The second-order valence-corrected chi connectivity index (χ2v) is 6.24. The van der Waals surface area contributed by atoms with Gasteiger partial charge in [-0.05, 0) is 65.0 Å². The van der Waals surface area contributed by atoms with Crippen molar-refractivity contribution in [2.75, 3.05) is 45.8 Å². The van der Waals surface area contributed by atoms with Crippen molar-refractivity contribution in [1.82, 2.24) is 15.1 Å². The minimum atomic E-state index is 0.642. The maximum Gasteiger partial charge on any atom is 0.0192 e. The minimum Gasteiger partial charge on any atom is -0.315 e. The molecule has 0 aromatic carbocycles. The van der Waals surface area contributed by atoms with E-state index in [1.165, 1.54) is 39.0 Å². The highest BCUT2D eigenvalue weighted by atomic mass is 15.2. The summed E-state index contributed by atoms with van der Waals surface area (Å²) in [6.45, 7) is 21.9. The lowest BCUT2D eigenvalue weighted by atomic mass is 10.1. The normalized spacial score (nSPS) is 13.7. The van der Waals surface area contributed by atoms with Crippen molar-refractivity contribution in [3.63, 3.8) is 0 Å². The Morgan fingerprint density at radius 2 is 1.55 bits per heavy atom. The van der Waals surface area contributed by atoms with E-state index >= 15 is 0 Å². The molecule has 0 saturated heterocycles. The van der Waals surface area contributed by atoms with E-state index < -0.39 is 0 Å². The maximum absolute atomic E-state index is 3.60. The van der Waals surface area contributed by atoms with Gasteiger partial charge in [0.15, 0.2) is 0 Å². The van der Waals surface area contributed by atoms with Gasteiger partial charge in [-0.25, -0.2) is 0 Å². The zero-order valence-electron chi connectivity index (χ0n) is 14.9. The zero-order chi connectivity index (χ0) is 15.4. The van der Waals surface area contributed by atoms with Gasteiger partial charge in [0.1, 0.15) is 0 Å². The zero-order valence-corrected chi connectivity index (χ0v) is 14.9. The first-order chi connectivity index (χ1) is 9.54. The van der Waals surface area contributed by atoms with Crippen molar-refractivity contribution in [1.29, 1.82) is 0 Å². The molecule has 20 heavy (non-hydrogen) atoms.